The Morgan fingerprint density at radius 2 is 1.61 bits per heavy atom. The lowest BCUT2D eigenvalue weighted by Gasteiger charge is -2.26. The summed E-state index contributed by atoms with van der Waals surface area (Å²) < 4.78 is 0. The topological polar surface area (TPSA) is 65.0 Å². The summed E-state index contributed by atoms with van der Waals surface area (Å²) >= 11 is 0. The van der Waals surface area contributed by atoms with Crippen molar-refractivity contribution in [2.75, 3.05) is 0 Å². The molecule has 2 aromatic rings. The van der Waals surface area contributed by atoms with E-state index in [0.717, 1.165) is 33.4 Å². The SMILES string of the molecule is C=C/C=C\c1c(C)cc(C)c(/C=C\C=C)c1CN(Cc1ccccc1B(O)O)ONC(=C)C. The number of hydrogen-bond donors (Lipinski definition) is 3. The van der Waals surface area contributed by atoms with Crippen LogP contribution < -0.4 is 10.9 Å². The van der Waals surface area contributed by atoms with E-state index in [0.29, 0.717) is 24.2 Å². The molecule has 2 aromatic carbocycles. The highest BCUT2D eigenvalue weighted by Gasteiger charge is 2.20. The average molecular weight is 444 g/mol. The van der Waals surface area contributed by atoms with Crippen LogP contribution in [0.1, 0.15) is 40.3 Å². The number of aryl methyl sites for hydroxylation is 2. The summed E-state index contributed by atoms with van der Waals surface area (Å²) in [4.78, 5) is 5.88. The number of hydroxylamine groups is 3. The van der Waals surface area contributed by atoms with E-state index >= 15 is 0 Å². The molecule has 0 fully saturated rings. The van der Waals surface area contributed by atoms with Crippen LogP contribution in [0.4, 0.5) is 0 Å². The van der Waals surface area contributed by atoms with Crippen molar-refractivity contribution in [1.82, 2.24) is 10.5 Å². The second-order valence-corrected chi connectivity index (χ2v) is 7.85. The molecule has 0 heterocycles. The third-order valence-electron chi connectivity index (χ3n) is 5.09. The lowest BCUT2D eigenvalue weighted by molar-refractivity contribution is -0.214. The minimum atomic E-state index is -1.57. The fourth-order valence-corrected chi connectivity index (χ4v) is 3.62. The molecule has 5 nitrogen and oxygen atoms in total. The second-order valence-electron chi connectivity index (χ2n) is 7.85. The monoisotopic (exact) mass is 444 g/mol. The van der Waals surface area contributed by atoms with Crippen LogP contribution in [0, 0.1) is 13.8 Å². The standard InChI is InChI=1S/C27H33BN2O3/c1-7-9-14-24-21(5)17-22(6)25(15-10-8-2)26(24)19-30(33-29-20(3)4)18-23-13-11-12-16-27(23)28(31)32/h7-17,29,31-32H,1-3,18-19H2,4-6H3/b14-9-,15-10-. The third-order valence-corrected chi connectivity index (χ3v) is 5.09. The Kier molecular flexibility index (Phi) is 10.1. The number of hydrogen-bond acceptors (Lipinski definition) is 5. The minimum Gasteiger partial charge on any atom is -0.423 e. The molecule has 0 atom stereocenters. The molecule has 0 aromatic heterocycles. The first-order valence-electron chi connectivity index (χ1n) is 10.8. The van der Waals surface area contributed by atoms with Crippen molar-refractivity contribution in [3.63, 3.8) is 0 Å². The molecule has 6 heteroatoms. The Balaban J connectivity index is 2.59. The van der Waals surface area contributed by atoms with Crippen molar-refractivity contribution < 1.29 is 15.0 Å². The molecule has 0 spiro atoms. The molecule has 2 rings (SSSR count). The number of nitrogens with one attached hydrogen (secondary N) is 1. The van der Waals surface area contributed by atoms with Crippen LogP contribution >= 0.6 is 0 Å². The van der Waals surface area contributed by atoms with Crippen LogP contribution in [-0.4, -0.2) is 22.2 Å². The molecule has 0 saturated carbocycles. The number of rotatable bonds is 12. The maximum absolute atomic E-state index is 9.81. The fraction of sp³-hybridized carbons (Fsp3) is 0.185. The van der Waals surface area contributed by atoms with Crippen LogP contribution in [0.5, 0.6) is 0 Å². The van der Waals surface area contributed by atoms with Gasteiger partial charge in [0.2, 0.25) is 0 Å². The summed E-state index contributed by atoms with van der Waals surface area (Å²) in [5.41, 5.74) is 10.1. The number of nitrogens with zero attached hydrogens (tertiary/aromatic N) is 1. The van der Waals surface area contributed by atoms with Gasteiger partial charge in [-0.2, -0.15) is 10.0 Å². The van der Waals surface area contributed by atoms with Crippen LogP contribution in [0.3, 0.4) is 0 Å². The first kappa shape index (κ1) is 26.1. The molecule has 3 N–H and O–H groups in total. The molecule has 0 unspecified atom stereocenters. The van der Waals surface area contributed by atoms with Gasteiger partial charge in [0.25, 0.3) is 0 Å². The van der Waals surface area contributed by atoms with Gasteiger partial charge in [-0.1, -0.05) is 86.5 Å². The summed E-state index contributed by atoms with van der Waals surface area (Å²) in [6.07, 6.45) is 11.4. The highest BCUT2D eigenvalue weighted by molar-refractivity contribution is 6.59. The maximum atomic E-state index is 9.81. The molecule has 0 bridgehead atoms. The molecule has 0 aliphatic carbocycles. The quantitative estimate of drug-likeness (QED) is 0.258. The van der Waals surface area contributed by atoms with Crippen LogP contribution in [0.15, 0.2) is 80.1 Å². The van der Waals surface area contributed by atoms with E-state index in [1.54, 1.807) is 36.3 Å². The lowest BCUT2D eigenvalue weighted by atomic mass is 9.77. The first-order chi connectivity index (χ1) is 15.8. The average Bonchev–Trinajstić information content (AvgIpc) is 2.77. The number of benzene rings is 2. The van der Waals surface area contributed by atoms with Crippen molar-refractivity contribution in [3.05, 3.63) is 113 Å². The molecule has 33 heavy (non-hydrogen) atoms. The van der Waals surface area contributed by atoms with Gasteiger partial charge in [-0.3, -0.25) is 5.48 Å². The minimum absolute atomic E-state index is 0.316. The largest absolute Gasteiger partial charge is 0.488 e. The van der Waals surface area contributed by atoms with Gasteiger partial charge in [0.05, 0.1) is 13.1 Å². The normalized spacial score (nSPS) is 11.3. The van der Waals surface area contributed by atoms with Gasteiger partial charge in [-0.25, -0.2) is 0 Å². The van der Waals surface area contributed by atoms with E-state index in [1.807, 2.05) is 36.4 Å². The molecular weight excluding hydrogens is 411 g/mol. The molecule has 0 aliphatic rings. The lowest BCUT2D eigenvalue weighted by Crippen LogP contribution is -2.37. The van der Waals surface area contributed by atoms with Crippen molar-refractivity contribution >= 4 is 24.7 Å². The zero-order valence-electron chi connectivity index (χ0n) is 19.7. The smallest absolute Gasteiger partial charge is 0.423 e. The second kappa shape index (κ2) is 12.8. The van der Waals surface area contributed by atoms with Gasteiger partial charge in [-0.05, 0) is 59.6 Å². The predicted molar refractivity (Wildman–Crippen MR) is 139 cm³/mol. The highest BCUT2D eigenvalue weighted by Crippen LogP contribution is 2.28. The Hall–Kier alpha value is -3.16. The Bertz CT molecular complexity index is 1020. The first-order valence-corrected chi connectivity index (χ1v) is 10.8. The summed E-state index contributed by atoms with van der Waals surface area (Å²) in [6, 6.07) is 9.33. The van der Waals surface area contributed by atoms with Crippen LogP contribution in [0.25, 0.3) is 12.2 Å². The zero-order valence-corrected chi connectivity index (χ0v) is 19.7. The van der Waals surface area contributed by atoms with Gasteiger partial charge in [0.15, 0.2) is 0 Å². The molecule has 0 radical (unpaired) electrons. The van der Waals surface area contributed by atoms with Gasteiger partial charge < -0.3 is 10.0 Å². The molecule has 172 valence electrons. The Morgan fingerprint density at radius 3 is 2.12 bits per heavy atom. The van der Waals surface area contributed by atoms with E-state index in [9.17, 15) is 10.0 Å². The molecule has 0 amide bonds. The highest BCUT2D eigenvalue weighted by atomic mass is 16.8. The summed E-state index contributed by atoms with van der Waals surface area (Å²) in [5.74, 6) is 0. The Morgan fingerprint density at radius 1 is 1.03 bits per heavy atom. The summed E-state index contributed by atoms with van der Waals surface area (Å²) in [7, 11) is -1.57. The van der Waals surface area contributed by atoms with Crippen molar-refractivity contribution in [1.29, 1.82) is 0 Å². The van der Waals surface area contributed by atoms with Gasteiger partial charge in [0.1, 0.15) is 0 Å². The molecule has 0 aliphatic heterocycles. The van der Waals surface area contributed by atoms with Gasteiger partial charge in [0, 0.05) is 5.70 Å². The van der Waals surface area contributed by atoms with Gasteiger partial charge in [-0.15, -0.1) is 0 Å². The van der Waals surface area contributed by atoms with Crippen molar-refractivity contribution in [3.8, 4) is 0 Å². The number of allylic oxidation sites excluding steroid dienone is 5. The predicted octanol–water partition coefficient (Wildman–Crippen LogP) is 4.35. The van der Waals surface area contributed by atoms with Crippen molar-refractivity contribution in [2.45, 2.75) is 33.9 Å². The Labute approximate surface area is 197 Å². The van der Waals surface area contributed by atoms with Crippen molar-refractivity contribution in [2.24, 2.45) is 0 Å². The van der Waals surface area contributed by atoms with E-state index < -0.39 is 7.12 Å². The van der Waals surface area contributed by atoms with E-state index in [2.05, 4.69) is 45.1 Å². The van der Waals surface area contributed by atoms with E-state index in [4.69, 9.17) is 4.94 Å². The van der Waals surface area contributed by atoms with E-state index in [1.165, 1.54) is 0 Å². The fourth-order valence-electron chi connectivity index (χ4n) is 3.62. The maximum Gasteiger partial charge on any atom is 0.488 e. The molecule has 0 saturated heterocycles. The van der Waals surface area contributed by atoms with Gasteiger partial charge >= 0.3 is 7.12 Å². The molecular formula is C27H33BN2O3. The summed E-state index contributed by atoms with van der Waals surface area (Å²) in [6.45, 7) is 18.1. The van der Waals surface area contributed by atoms with Crippen LogP contribution in [0.2, 0.25) is 0 Å². The third kappa shape index (κ3) is 7.44. The summed E-state index contributed by atoms with van der Waals surface area (Å²) in [5, 5.41) is 21.4. The van der Waals surface area contributed by atoms with E-state index in [-0.39, 0.29) is 0 Å². The van der Waals surface area contributed by atoms with Crippen LogP contribution in [-0.2, 0) is 18.0 Å². The zero-order chi connectivity index (χ0) is 24.4.